The van der Waals surface area contributed by atoms with E-state index in [2.05, 4.69) is 25.2 Å². The van der Waals surface area contributed by atoms with Crippen molar-refractivity contribution >= 4 is 44.6 Å². The van der Waals surface area contributed by atoms with Crippen LogP contribution in [0, 0.1) is 0 Å². The maximum Gasteiger partial charge on any atom is 0.272 e. The maximum atomic E-state index is 12.2. The standard InChI is InChI=1S/C14H12ClN5O2S2/c15-11-1-4-14(23-11)24(21,22)20-13-3-2-12(18-19-13)17-9-10-5-7-16-8-6-10/h1-8H,9H2,(H,17,18)(H,19,20). The summed E-state index contributed by atoms with van der Waals surface area (Å²) in [5.74, 6) is 0.669. The minimum Gasteiger partial charge on any atom is -0.365 e. The summed E-state index contributed by atoms with van der Waals surface area (Å²) in [6.07, 6.45) is 3.41. The van der Waals surface area contributed by atoms with Crippen molar-refractivity contribution in [1.29, 1.82) is 0 Å². The van der Waals surface area contributed by atoms with Crippen molar-refractivity contribution < 1.29 is 8.42 Å². The molecule has 0 unspecified atom stereocenters. The molecule has 0 amide bonds. The van der Waals surface area contributed by atoms with Gasteiger partial charge >= 0.3 is 0 Å². The lowest BCUT2D eigenvalue weighted by Crippen LogP contribution is -2.13. The van der Waals surface area contributed by atoms with E-state index in [0.29, 0.717) is 16.7 Å². The van der Waals surface area contributed by atoms with Gasteiger partial charge in [0, 0.05) is 18.9 Å². The van der Waals surface area contributed by atoms with Crippen LogP contribution in [0.2, 0.25) is 4.34 Å². The zero-order chi connectivity index (χ0) is 17.0. The summed E-state index contributed by atoms with van der Waals surface area (Å²) >= 11 is 6.73. The van der Waals surface area contributed by atoms with Gasteiger partial charge in [-0.1, -0.05) is 11.6 Å². The molecule has 0 bridgehead atoms. The van der Waals surface area contributed by atoms with E-state index in [9.17, 15) is 8.42 Å². The minimum absolute atomic E-state index is 0.120. The number of thiophene rings is 1. The molecule has 0 fully saturated rings. The number of rotatable bonds is 6. The molecule has 2 N–H and O–H groups in total. The van der Waals surface area contributed by atoms with Crippen molar-refractivity contribution in [2.45, 2.75) is 10.8 Å². The number of halogens is 1. The van der Waals surface area contributed by atoms with Gasteiger partial charge in [0.05, 0.1) is 4.34 Å². The molecule has 3 rings (SSSR count). The average molecular weight is 382 g/mol. The van der Waals surface area contributed by atoms with Gasteiger partial charge in [0.25, 0.3) is 10.0 Å². The first-order chi connectivity index (χ1) is 11.5. The molecule has 3 aromatic rings. The fourth-order valence-electron chi connectivity index (χ4n) is 1.80. The van der Waals surface area contributed by atoms with Crippen LogP contribution in [0.5, 0.6) is 0 Å². The lowest BCUT2D eigenvalue weighted by atomic mass is 10.3. The molecular weight excluding hydrogens is 370 g/mol. The zero-order valence-electron chi connectivity index (χ0n) is 12.2. The Morgan fingerprint density at radius 3 is 2.33 bits per heavy atom. The molecule has 0 atom stereocenters. The van der Waals surface area contributed by atoms with Crippen LogP contribution < -0.4 is 10.0 Å². The first-order valence-electron chi connectivity index (χ1n) is 6.77. The summed E-state index contributed by atoms with van der Waals surface area (Å²) in [6, 6.07) is 9.91. The van der Waals surface area contributed by atoms with Crippen LogP contribution in [0.4, 0.5) is 11.6 Å². The highest BCUT2D eigenvalue weighted by molar-refractivity contribution is 7.94. The third kappa shape index (κ3) is 4.19. The van der Waals surface area contributed by atoms with Crippen molar-refractivity contribution in [3.8, 4) is 0 Å². The van der Waals surface area contributed by atoms with Gasteiger partial charge < -0.3 is 5.32 Å². The molecule has 0 aromatic carbocycles. The fraction of sp³-hybridized carbons (Fsp3) is 0.0714. The van der Waals surface area contributed by atoms with Gasteiger partial charge in [0.2, 0.25) is 0 Å². The van der Waals surface area contributed by atoms with Crippen LogP contribution in [0.15, 0.2) is 53.0 Å². The van der Waals surface area contributed by atoms with Crippen LogP contribution in [0.25, 0.3) is 0 Å². The Hall–Kier alpha value is -2.23. The van der Waals surface area contributed by atoms with Crippen molar-refractivity contribution in [3.63, 3.8) is 0 Å². The molecule has 3 aromatic heterocycles. The van der Waals surface area contributed by atoms with E-state index in [1.165, 1.54) is 18.2 Å². The van der Waals surface area contributed by atoms with Crippen LogP contribution in [0.3, 0.4) is 0 Å². The number of hydrogen-bond donors (Lipinski definition) is 2. The number of nitrogens with one attached hydrogen (secondary N) is 2. The zero-order valence-corrected chi connectivity index (χ0v) is 14.6. The first kappa shape index (κ1) is 16.6. The Morgan fingerprint density at radius 1 is 1.00 bits per heavy atom. The lowest BCUT2D eigenvalue weighted by Gasteiger charge is -2.07. The van der Waals surface area contributed by atoms with E-state index in [1.807, 2.05) is 12.1 Å². The van der Waals surface area contributed by atoms with Gasteiger partial charge in [-0.2, -0.15) is 0 Å². The second kappa shape index (κ2) is 7.12. The number of nitrogens with zero attached hydrogens (tertiary/aromatic N) is 3. The van der Waals surface area contributed by atoms with Crippen molar-refractivity contribution in [2.75, 3.05) is 10.0 Å². The van der Waals surface area contributed by atoms with Gasteiger partial charge in [-0.05, 0) is 42.0 Å². The third-order valence-corrected chi connectivity index (χ3v) is 6.02. The molecular formula is C14H12ClN5O2S2. The second-order valence-corrected chi connectivity index (χ2v) is 8.30. The Labute approximate surface area is 147 Å². The number of pyridine rings is 1. The van der Waals surface area contributed by atoms with Gasteiger partial charge in [-0.3, -0.25) is 9.71 Å². The summed E-state index contributed by atoms with van der Waals surface area (Å²) in [5.41, 5.74) is 1.05. The SMILES string of the molecule is O=S(=O)(Nc1ccc(NCc2ccncc2)nn1)c1ccc(Cl)s1. The Balaban J connectivity index is 1.64. The third-order valence-electron chi connectivity index (χ3n) is 2.94. The highest BCUT2D eigenvalue weighted by Crippen LogP contribution is 2.26. The molecule has 24 heavy (non-hydrogen) atoms. The largest absolute Gasteiger partial charge is 0.365 e. The van der Waals surface area contributed by atoms with E-state index in [1.54, 1.807) is 18.5 Å². The maximum absolute atomic E-state index is 12.2. The second-order valence-electron chi connectivity index (χ2n) is 4.68. The molecule has 7 nitrogen and oxygen atoms in total. The molecule has 0 spiro atoms. The predicted octanol–water partition coefficient (Wildman–Crippen LogP) is 3.00. The van der Waals surface area contributed by atoms with Crippen LogP contribution in [0.1, 0.15) is 5.56 Å². The van der Waals surface area contributed by atoms with Gasteiger partial charge in [-0.25, -0.2) is 8.42 Å². The molecule has 124 valence electrons. The Kier molecular flexibility index (Phi) is 4.93. The number of anilines is 2. The summed E-state index contributed by atoms with van der Waals surface area (Å²) in [6.45, 7) is 0.565. The van der Waals surface area contributed by atoms with Crippen molar-refractivity contribution in [1.82, 2.24) is 15.2 Å². The normalized spacial score (nSPS) is 11.2. The quantitative estimate of drug-likeness (QED) is 0.681. The number of hydrogen-bond acceptors (Lipinski definition) is 7. The van der Waals surface area contributed by atoms with Gasteiger partial charge in [-0.15, -0.1) is 21.5 Å². The minimum atomic E-state index is -3.71. The van der Waals surface area contributed by atoms with E-state index < -0.39 is 10.0 Å². The molecule has 0 saturated heterocycles. The number of sulfonamides is 1. The first-order valence-corrected chi connectivity index (χ1v) is 9.45. The lowest BCUT2D eigenvalue weighted by molar-refractivity contribution is 0.603. The van der Waals surface area contributed by atoms with Crippen LogP contribution >= 0.6 is 22.9 Å². The van der Waals surface area contributed by atoms with Crippen LogP contribution in [-0.4, -0.2) is 23.6 Å². The van der Waals surface area contributed by atoms with Gasteiger partial charge in [0.1, 0.15) is 10.0 Å². The highest BCUT2D eigenvalue weighted by atomic mass is 35.5. The Morgan fingerprint density at radius 2 is 1.71 bits per heavy atom. The van der Waals surface area contributed by atoms with Crippen molar-refractivity contribution in [3.05, 3.63) is 58.7 Å². The monoisotopic (exact) mass is 381 g/mol. The van der Waals surface area contributed by atoms with Gasteiger partial charge in [0.15, 0.2) is 5.82 Å². The summed E-state index contributed by atoms with van der Waals surface area (Å²) in [5, 5.41) is 10.9. The smallest absolute Gasteiger partial charge is 0.272 e. The molecule has 0 saturated carbocycles. The van der Waals surface area contributed by atoms with E-state index in [4.69, 9.17) is 11.6 Å². The molecule has 0 aliphatic rings. The molecule has 0 radical (unpaired) electrons. The summed E-state index contributed by atoms with van der Waals surface area (Å²) in [4.78, 5) is 3.94. The summed E-state index contributed by atoms with van der Waals surface area (Å²) in [7, 11) is -3.71. The topological polar surface area (TPSA) is 96.9 Å². The fourth-order valence-corrected chi connectivity index (χ4v) is 4.28. The number of aromatic nitrogens is 3. The molecule has 0 aliphatic heterocycles. The Bertz CT molecular complexity index is 914. The van der Waals surface area contributed by atoms with Crippen molar-refractivity contribution in [2.24, 2.45) is 0 Å². The summed E-state index contributed by atoms with van der Waals surface area (Å²) < 4.78 is 27.2. The molecule has 10 heteroatoms. The predicted molar refractivity (Wildman–Crippen MR) is 93.7 cm³/mol. The average Bonchev–Trinajstić information content (AvgIpc) is 3.02. The highest BCUT2D eigenvalue weighted by Gasteiger charge is 2.17. The molecule has 3 heterocycles. The molecule has 0 aliphatic carbocycles. The van der Waals surface area contributed by atoms with Crippen LogP contribution in [-0.2, 0) is 16.6 Å². The van der Waals surface area contributed by atoms with E-state index in [0.717, 1.165) is 16.9 Å². The van der Waals surface area contributed by atoms with E-state index >= 15 is 0 Å². The van der Waals surface area contributed by atoms with E-state index in [-0.39, 0.29) is 10.0 Å².